The van der Waals surface area contributed by atoms with E-state index in [0.717, 1.165) is 11.4 Å². The molecule has 0 saturated heterocycles. The summed E-state index contributed by atoms with van der Waals surface area (Å²) in [6.45, 7) is 8.41. The van der Waals surface area contributed by atoms with Crippen molar-refractivity contribution in [2.75, 3.05) is 10.9 Å². The van der Waals surface area contributed by atoms with E-state index in [2.05, 4.69) is 74.9 Å². The lowest BCUT2D eigenvalue weighted by Gasteiger charge is -2.15. The first-order valence-electron chi connectivity index (χ1n) is 6.23. The summed E-state index contributed by atoms with van der Waals surface area (Å²) in [7, 11) is 0. The molecule has 0 bridgehead atoms. The van der Waals surface area contributed by atoms with E-state index in [1.165, 1.54) is 22.3 Å². The van der Waals surface area contributed by atoms with E-state index in [0.29, 0.717) is 0 Å². The standard InChI is InChI=1S/C16H20N2/c1-11-5-7-13(3)15(9-11)17-18-16-10-12(2)6-8-14(16)4/h5-10,17-18H,1-4H3. The lowest BCUT2D eigenvalue weighted by molar-refractivity contribution is 1.30. The predicted molar refractivity (Wildman–Crippen MR) is 79.1 cm³/mol. The number of hydrogen-bond acceptors (Lipinski definition) is 2. The van der Waals surface area contributed by atoms with Crippen LogP contribution >= 0.6 is 0 Å². The van der Waals surface area contributed by atoms with Gasteiger partial charge in [-0.2, -0.15) is 0 Å². The Morgan fingerprint density at radius 2 is 1.00 bits per heavy atom. The molecular formula is C16H20N2. The average molecular weight is 240 g/mol. The second-order valence-electron chi connectivity index (χ2n) is 4.89. The topological polar surface area (TPSA) is 24.1 Å². The minimum absolute atomic E-state index is 1.12. The van der Waals surface area contributed by atoms with Crippen molar-refractivity contribution in [3.8, 4) is 0 Å². The fraction of sp³-hybridized carbons (Fsp3) is 0.250. The molecule has 0 amide bonds. The van der Waals surface area contributed by atoms with Gasteiger partial charge < -0.3 is 10.9 Å². The molecule has 18 heavy (non-hydrogen) atoms. The van der Waals surface area contributed by atoms with Crippen LogP contribution in [0.2, 0.25) is 0 Å². The van der Waals surface area contributed by atoms with E-state index in [1.54, 1.807) is 0 Å². The van der Waals surface area contributed by atoms with Gasteiger partial charge in [-0.3, -0.25) is 0 Å². The van der Waals surface area contributed by atoms with Crippen LogP contribution in [0.4, 0.5) is 11.4 Å². The molecule has 0 atom stereocenters. The van der Waals surface area contributed by atoms with Gasteiger partial charge in [-0.15, -0.1) is 0 Å². The summed E-state index contributed by atoms with van der Waals surface area (Å²) in [4.78, 5) is 0. The molecule has 0 radical (unpaired) electrons. The van der Waals surface area contributed by atoms with Gasteiger partial charge in [-0.1, -0.05) is 24.3 Å². The fourth-order valence-electron chi connectivity index (χ4n) is 1.88. The molecule has 2 N–H and O–H groups in total. The van der Waals surface area contributed by atoms with E-state index in [1.807, 2.05) is 0 Å². The first kappa shape index (κ1) is 12.5. The highest BCUT2D eigenvalue weighted by molar-refractivity contribution is 5.60. The molecule has 2 aromatic rings. The second-order valence-corrected chi connectivity index (χ2v) is 4.89. The van der Waals surface area contributed by atoms with Crippen LogP contribution in [0.15, 0.2) is 36.4 Å². The van der Waals surface area contributed by atoms with Gasteiger partial charge in [0.05, 0.1) is 11.4 Å². The smallest absolute Gasteiger partial charge is 0.0571 e. The summed E-state index contributed by atoms with van der Waals surface area (Å²) < 4.78 is 0. The third-order valence-corrected chi connectivity index (χ3v) is 3.12. The van der Waals surface area contributed by atoms with Gasteiger partial charge in [0.2, 0.25) is 0 Å². The molecule has 0 heterocycles. The van der Waals surface area contributed by atoms with Gasteiger partial charge in [0.15, 0.2) is 0 Å². The maximum Gasteiger partial charge on any atom is 0.0571 e. The zero-order chi connectivity index (χ0) is 13.1. The van der Waals surface area contributed by atoms with E-state index >= 15 is 0 Å². The van der Waals surface area contributed by atoms with E-state index in [-0.39, 0.29) is 0 Å². The molecule has 2 aromatic carbocycles. The Morgan fingerprint density at radius 3 is 1.39 bits per heavy atom. The van der Waals surface area contributed by atoms with Crippen LogP contribution in [0, 0.1) is 27.7 Å². The molecule has 2 rings (SSSR count). The summed E-state index contributed by atoms with van der Waals surface area (Å²) in [6, 6.07) is 12.8. The molecule has 0 aliphatic carbocycles. The van der Waals surface area contributed by atoms with Gasteiger partial charge in [0.1, 0.15) is 0 Å². The van der Waals surface area contributed by atoms with Gasteiger partial charge in [0, 0.05) is 0 Å². The van der Waals surface area contributed by atoms with Crippen LogP contribution in [-0.4, -0.2) is 0 Å². The Kier molecular flexibility index (Phi) is 3.56. The first-order chi connectivity index (χ1) is 8.56. The van der Waals surface area contributed by atoms with Crippen molar-refractivity contribution >= 4 is 11.4 Å². The monoisotopic (exact) mass is 240 g/mol. The number of anilines is 2. The molecule has 0 fully saturated rings. The summed E-state index contributed by atoms with van der Waals surface area (Å²) in [5, 5.41) is 0. The Labute approximate surface area is 109 Å². The van der Waals surface area contributed by atoms with Crippen LogP contribution in [0.3, 0.4) is 0 Å². The largest absolute Gasteiger partial charge is 0.301 e. The van der Waals surface area contributed by atoms with E-state index < -0.39 is 0 Å². The molecular weight excluding hydrogens is 220 g/mol. The quantitative estimate of drug-likeness (QED) is 0.779. The van der Waals surface area contributed by atoms with Crippen molar-refractivity contribution < 1.29 is 0 Å². The summed E-state index contributed by atoms with van der Waals surface area (Å²) in [5.74, 6) is 0. The van der Waals surface area contributed by atoms with Gasteiger partial charge >= 0.3 is 0 Å². The second kappa shape index (κ2) is 5.13. The van der Waals surface area contributed by atoms with E-state index in [4.69, 9.17) is 0 Å². The van der Waals surface area contributed by atoms with Gasteiger partial charge in [-0.05, 0) is 62.1 Å². The molecule has 0 aliphatic rings. The lowest BCUT2D eigenvalue weighted by atomic mass is 10.1. The molecule has 2 heteroatoms. The minimum Gasteiger partial charge on any atom is -0.301 e. The maximum atomic E-state index is 3.29. The number of benzene rings is 2. The number of nitrogens with one attached hydrogen (secondary N) is 2. The van der Waals surface area contributed by atoms with Gasteiger partial charge in [0.25, 0.3) is 0 Å². The lowest BCUT2D eigenvalue weighted by Crippen LogP contribution is -2.11. The normalized spacial score (nSPS) is 10.2. The van der Waals surface area contributed by atoms with Crippen molar-refractivity contribution in [2.24, 2.45) is 0 Å². The summed E-state index contributed by atoms with van der Waals surface area (Å²) in [6.07, 6.45) is 0. The number of aryl methyl sites for hydroxylation is 4. The highest BCUT2D eigenvalue weighted by Gasteiger charge is 2.00. The van der Waals surface area contributed by atoms with Crippen LogP contribution in [0.1, 0.15) is 22.3 Å². The third-order valence-electron chi connectivity index (χ3n) is 3.12. The zero-order valence-corrected chi connectivity index (χ0v) is 11.5. The van der Waals surface area contributed by atoms with Crippen molar-refractivity contribution in [1.82, 2.24) is 0 Å². The summed E-state index contributed by atoms with van der Waals surface area (Å²) >= 11 is 0. The van der Waals surface area contributed by atoms with Crippen LogP contribution < -0.4 is 10.9 Å². The average Bonchev–Trinajstić information content (AvgIpc) is 2.34. The van der Waals surface area contributed by atoms with Gasteiger partial charge in [-0.25, -0.2) is 0 Å². The first-order valence-corrected chi connectivity index (χ1v) is 6.23. The number of hydrogen-bond donors (Lipinski definition) is 2. The molecule has 0 aromatic heterocycles. The Bertz CT molecular complexity index is 508. The molecule has 0 saturated carbocycles. The molecule has 94 valence electrons. The number of rotatable bonds is 3. The van der Waals surface area contributed by atoms with Crippen molar-refractivity contribution in [2.45, 2.75) is 27.7 Å². The molecule has 0 unspecified atom stereocenters. The third kappa shape index (κ3) is 2.83. The molecule has 2 nitrogen and oxygen atoms in total. The van der Waals surface area contributed by atoms with Crippen molar-refractivity contribution in [1.29, 1.82) is 0 Å². The zero-order valence-electron chi connectivity index (χ0n) is 11.5. The Balaban J connectivity index is 2.16. The molecule has 0 aliphatic heterocycles. The van der Waals surface area contributed by atoms with Crippen LogP contribution in [0.5, 0.6) is 0 Å². The fourth-order valence-corrected chi connectivity index (χ4v) is 1.88. The predicted octanol–water partition coefficient (Wildman–Crippen LogP) is 4.36. The SMILES string of the molecule is Cc1ccc(C)c(NNc2cc(C)ccc2C)c1. The van der Waals surface area contributed by atoms with Crippen molar-refractivity contribution in [3.05, 3.63) is 58.7 Å². The minimum atomic E-state index is 1.12. The van der Waals surface area contributed by atoms with Crippen LogP contribution in [0.25, 0.3) is 0 Å². The molecule has 0 spiro atoms. The van der Waals surface area contributed by atoms with E-state index in [9.17, 15) is 0 Å². The Hall–Kier alpha value is -1.96. The van der Waals surface area contributed by atoms with Crippen molar-refractivity contribution in [3.63, 3.8) is 0 Å². The van der Waals surface area contributed by atoms with Crippen LogP contribution in [-0.2, 0) is 0 Å². The highest BCUT2D eigenvalue weighted by atomic mass is 15.4. The maximum absolute atomic E-state index is 3.29. The summed E-state index contributed by atoms with van der Waals surface area (Å²) in [5.41, 5.74) is 13.8. The Morgan fingerprint density at radius 1 is 0.611 bits per heavy atom. The highest BCUT2D eigenvalue weighted by Crippen LogP contribution is 2.19. The number of hydrazine groups is 1.